The molecular formula is C33H34N4O5. The third kappa shape index (κ3) is 6.52. The van der Waals surface area contributed by atoms with Crippen LogP contribution in [0.3, 0.4) is 0 Å². The average Bonchev–Trinajstić information content (AvgIpc) is 3.46. The van der Waals surface area contributed by atoms with Gasteiger partial charge in [0.2, 0.25) is 0 Å². The van der Waals surface area contributed by atoms with Crippen molar-refractivity contribution in [3.8, 4) is 16.9 Å². The van der Waals surface area contributed by atoms with Crippen molar-refractivity contribution in [1.82, 2.24) is 15.1 Å². The number of phenolic OH excluding ortho intramolecular Hbond substituents is 1. The minimum atomic E-state index is -1.27. The van der Waals surface area contributed by atoms with Crippen LogP contribution in [0.2, 0.25) is 0 Å². The number of carbonyl (C=O) groups excluding carboxylic acids is 2. The standard InChI is InChI=1S/C33H34N4O5/c1-2-15-37(21-26-7-3-4-8-29(26)38)32(40)27-18-25-14-13-24(19-28(25)34-30(20-27)35-33(41)42)22-9-11-23(12-10-22)31(39)36-16-5-6-17-36/h3-4,7-14,18-19,38H,2,5-6,15-17,20-21H2,1H3,(H,34,35)(H,41,42). The lowest BCUT2D eigenvalue weighted by atomic mass is 9.99. The van der Waals surface area contributed by atoms with Gasteiger partial charge in [0.15, 0.2) is 0 Å². The summed E-state index contributed by atoms with van der Waals surface area (Å²) >= 11 is 0. The number of fused-ring (bicyclic) bond motifs is 1. The van der Waals surface area contributed by atoms with Gasteiger partial charge in [-0.25, -0.2) is 9.79 Å². The molecule has 3 amide bonds. The van der Waals surface area contributed by atoms with Crippen molar-refractivity contribution >= 4 is 35.5 Å². The predicted molar refractivity (Wildman–Crippen MR) is 162 cm³/mol. The highest BCUT2D eigenvalue weighted by Gasteiger charge is 2.24. The number of amidine groups is 1. The number of likely N-dealkylation sites (tertiary alicyclic amines) is 1. The molecule has 42 heavy (non-hydrogen) atoms. The Kier molecular flexibility index (Phi) is 8.66. The summed E-state index contributed by atoms with van der Waals surface area (Å²) in [6.45, 7) is 4.23. The minimum Gasteiger partial charge on any atom is -0.508 e. The van der Waals surface area contributed by atoms with E-state index < -0.39 is 6.09 Å². The van der Waals surface area contributed by atoms with Crippen LogP contribution in [-0.2, 0) is 11.3 Å². The normalized spacial score (nSPS) is 14.4. The Morgan fingerprint density at radius 1 is 0.976 bits per heavy atom. The Labute approximate surface area is 244 Å². The SMILES string of the molecule is CCCN(Cc1ccccc1O)C(=O)C1=Cc2ccc(-c3ccc(C(=O)N4CCCC4)cc3)cc2N=C(NC(=O)O)C1. The Hall–Kier alpha value is -4.92. The number of carboxylic acid groups (broad SMARTS) is 1. The lowest BCUT2D eigenvalue weighted by Crippen LogP contribution is -2.35. The van der Waals surface area contributed by atoms with E-state index in [0.717, 1.165) is 37.1 Å². The van der Waals surface area contributed by atoms with Gasteiger partial charge in [0.25, 0.3) is 11.8 Å². The zero-order valence-corrected chi connectivity index (χ0v) is 23.5. The van der Waals surface area contributed by atoms with Gasteiger partial charge in [-0.1, -0.05) is 49.4 Å². The van der Waals surface area contributed by atoms with E-state index in [0.29, 0.717) is 40.9 Å². The molecule has 9 heteroatoms. The van der Waals surface area contributed by atoms with Gasteiger partial charge in [-0.15, -0.1) is 0 Å². The first-order chi connectivity index (χ1) is 20.3. The Morgan fingerprint density at radius 3 is 2.38 bits per heavy atom. The van der Waals surface area contributed by atoms with E-state index in [9.17, 15) is 24.6 Å². The molecule has 2 heterocycles. The molecule has 3 aromatic carbocycles. The first kappa shape index (κ1) is 28.6. The first-order valence-electron chi connectivity index (χ1n) is 14.2. The number of aromatic hydroxyl groups is 1. The molecule has 0 radical (unpaired) electrons. The number of benzene rings is 3. The molecule has 3 aromatic rings. The highest BCUT2D eigenvalue weighted by molar-refractivity contribution is 6.08. The first-order valence-corrected chi connectivity index (χ1v) is 14.2. The van der Waals surface area contributed by atoms with Gasteiger partial charge in [0.1, 0.15) is 11.6 Å². The second kappa shape index (κ2) is 12.7. The predicted octanol–water partition coefficient (Wildman–Crippen LogP) is 5.82. The van der Waals surface area contributed by atoms with Crippen molar-refractivity contribution in [2.24, 2.45) is 4.99 Å². The topological polar surface area (TPSA) is 123 Å². The van der Waals surface area contributed by atoms with E-state index >= 15 is 0 Å². The summed E-state index contributed by atoms with van der Waals surface area (Å²) in [4.78, 5) is 46.2. The van der Waals surface area contributed by atoms with Gasteiger partial charge in [-0.3, -0.25) is 14.9 Å². The van der Waals surface area contributed by atoms with Crippen LogP contribution < -0.4 is 5.32 Å². The van der Waals surface area contributed by atoms with Crippen molar-refractivity contribution < 1.29 is 24.6 Å². The van der Waals surface area contributed by atoms with Crippen LogP contribution in [0.1, 0.15) is 54.1 Å². The summed E-state index contributed by atoms with van der Waals surface area (Å²) in [5.74, 6) is 0.0398. The van der Waals surface area contributed by atoms with Crippen LogP contribution >= 0.6 is 0 Å². The van der Waals surface area contributed by atoms with Crippen molar-refractivity contribution in [3.05, 3.63) is 89.0 Å². The highest BCUT2D eigenvalue weighted by Crippen LogP contribution is 2.33. The molecule has 0 aromatic heterocycles. The molecule has 9 nitrogen and oxygen atoms in total. The smallest absolute Gasteiger partial charge is 0.410 e. The number of para-hydroxylation sites is 1. The van der Waals surface area contributed by atoms with E-state index in [4.69, 9.17) is 0 Å². The number of rotatable bonds is 7. The molecule has 1 saturated heterocycles. The van der Waals surface area contributed by atoms with Crippen LogP contribution in [0.25, 0.3) is 17.2 Å². The average molecular weight is 567 g/mol. The zero-order chi connectivity index (χ0) is 29.6. The monoisotopic (exact) mass is 566 g/mol. The summed E-state index contributed by atoms with van der Waals surface area (Å²) in [5.41, 5.74) is 4.62. The van der Waals surface area contributed by atoms with Gasteiger partial charge in [-0.05, 0) is 60.7 Å². The number of hydrogen-bond donors (Lipinski definition) is 3. The zero-order valence-electron chi connectivity index (χ0n) is 23.5. The molecular weight excluding hydrogens is 532 g/mol. The second-order valence-corrected chi connectivity index (χ2v) is 10.5. The Morgan fingerprint density at radius 2 is 1.69 bits per heavy atom. The molecule has 0 saturated carbocycles. The quantitative estimate of drug-likeness (QED) is 0.333. The summed E-state index contributed by atoms with van der Waals surface area (Å²) in [7, 11) is 0. The van der Waals surface area contributed by atoms with Crippen LogP contribution in [0.5, 0.6) is 5.75 Å². The summed E-state index contributed by atoms with van der Waals surface area (Å²) < 4.78 is 0. The van der Waals surface area contributed by atoms with E-state index in [1.807, 2.05) is 60.4 Å². The number of hydrogen-bond acceptors (Lipinski definition) is 5. The van der Waals surface area contributed by atoms with Crippen LogP contribution in [-0.4, -0.2) is 63.4 Å². The molecule has 5 rings (SSSR count). The largest absolute Gasteiger partial charge is 0.508 e. The maximum Gasteiger partial charge on any atom is 0.410 e. The maximum absolute atomic E-state index is 13.8. The minimum absolute atomic E-state index is 0.00341. The Balaban J connectivity index is 1.45. The molecule has 0 aliphatic carbocycles. The van der Waals surface area contributed by atoms with Gasteiger partial charge in [-0.2, -0.15) is 0 Å². The third-order valence-corrected chi connectivity index (χ3v) is 7.49. The number of carbonyl (C=O) groups is 3. The van der Waals surface area contributed by atoms with Gasteiger partial charge in [0, 0.05) is 54.9 Å². The van der Waals surface area contributed by atoms with Gasteiger partial charge in [0.05, 0.1) is 5.69 Å². The molecule has 216 valence electrons. The number of nitrogens with one attached hydrogen (secondary N) is 1. The van der Waals surface area contributed by atoms with Gasteiger partial charge < -0.3 is 20.0 Å². The lowest BCUT2D eigenvalue weighted by Gasteiger charge is -2.24. The van der Waals surface area contributed by atoms with Crippen molar-refractivity contribution in [2.75, 3.05) is 19.6 Å². The molecule has 2 aliphatic heterocycles. The molecule has 2 aliphatic rings. The number of amides is 3. The van der Waals surface area contributed by atoms with E-state index in [2.05, 4.69) is 10.3 Å². The maximum atomic E-state index is 13.8. The lowest BCUT2D eigenvalue weighted by molar-refractivity contribution is -0.127. The van der Waals surface area contributed by atoms with Crippen molar-refractivity contribution in [3.63, 3.8) is 0 Å². The summed E-state index contributed by atoms with van der Waals surface area (Å²) in [6, 6.07) is 20.0. The third-order valence-electron chi connectivity index (χ3n) is 7.49. The molecule has 0 bridgehead atoms. The van der Waals surface area contributed by atoms with Crippen LogP contribution in [0.15, 0.2) is 77.3 Å². The van der Waals surface area contributed by atoms with E-state index in [1.54, 1.807) is 29.2 Å². The van der Waals surface area contributed by atoms with E-state index in [-0.39, 0.29) is 36.4 Å². The fraction of sp³-hybridized carbons (Fsp3) is 0.273. The second-order valence-electron chi connectivity index (χ2n) is 10.5. The van der Waals surface area contributed by atoms with Crippen LogP contribution in [0.4, 0.5) is 10.5 Å². The fourth-order valence-corrected chi connectivity index (χ4v) is 5.36. The molecule has 1 fully saturated rings. The highest BCUT2D eigenvalue weighted by atomic mass is 16.4. The summed E-state index contributed by atoms with van der Waals surface area (Å²) in [5, 5.41) is 22.1. The van der Waals surface area contributed by atoms with E-state index in [1.165, 1.54) is 0 Å². The molecule has 0 unspecified atom stereocenters. The van der Waals surface area contributed by atoms with Crippen LogP contribution in [0, 0.1) is 0 Å². The molecule has 0 atom stereocenters. The van der Waals surface area contributed by atoms with Crippen molar-refractivity contribution in [1.29, 1.82) is 0 Å². The molecule has 3 N–H and O–H groups in total. The van der Waals surface area contributed by atoms with Crippen molar-refractivity contribution in [2.45, 2.75) is 39.2 Å². The molecule has 0 spiro atoms. The number of nitrogens with zero attached hydrogens (tertiary/aromatic N) is 3. The number of phenols is 1. The van der Waals surface area contributed by atoms with Gasteiger partial charge >= 0.3 is 6.09 Å². The summed E-state index contributed by atoms with van der Waals surface area (Å²) in [6.07, 6.45) is 3.28. The Bertz CT molecular complexity index is 1550. The number of aliphatic imine (C=N–C) groups is 1. The fourth-order valence-electron chi connectivity index (χ4n) is 5.36.